The average molecular weight is 496 g/mol. The van der Waals surface area contributed by atoms with Gasteiger partial charge in [-0.05, 0) is 35.4 Å². The van der Waals surface area contributed by atoms with E-state index in [1.54, 1.807) is 23.9 Å². The molecular weight excluding hydrogens is 466 g/mol. The first-order valence-electron chi connectivity index (χ1n) is 12.0. The predicted octanol–water partition coefficient (Wildman–Crippen LogP) is 4.63. The lowest BCUT2D eigenvalue weighted by molar-refractivity contribution is -0.753. The normalized spacial score (nSPS) is 12.0. The van der Waals surface area contributed by atoms with Gasteiger partial charge in [0.05, 0.1) is 12.6 Å². The topological polar surface area (TPSA) is 86.9 Å². The smallest absolute Gasteiger partial charge is 0.307 e. The molecule has 0 saturated carbocycles. The van der Waals surface area contributed by atoms with Crippen molar-refractivity contribution in [1.29, 1.82) is 0 Å². The lowest BCUT2D eigenvalue weighted by atomic mass is 10.0. The number of carbonyl (C=O) groups is 1. The molecule has 0 bridgehead atoms. The first-order chi connectivity index (χ1) is 18.0. The molecular formula is C30H29N3O4. The molecule has 1 aromatic heterocycles. The Bertz CT molecular complexity index is 1350. The zero-order valence-corrected chi connectivity index (χ0v) is 20.8. The highest BCUT2D eigenvalue weighted by molar-refractivity contribution is 5.85. The second kappa shape index (κ2) is 12.4. The minimum absolute atomic E-state index is 0.201. The Morgan fingerprint density at radius 1 is 0.946 bits per heavy atom. The Balaban J connectivity index is 1.32. The second-order valence-electron chi connectivity index (χ2n) is 8.46. The van der Waals surface area contributed by atoms with Crippen LogP contribution in [0, 0.1) is 0 Å². The first kappa shape index (κ1) is 25.4. The zero-order valence-electron chi connectivity index (χ0n) is 20.8. The van der Waals surface area contributed by atoms with Crippen LogP contribution in [0.2, 0.25) is 0 Å². The molecule has 1 atom stereocenters. The van der Waals surface area contributed by atoms with E-state index in [1.165, 1.54) is 6.92 Å². The molecule has 1 heterocycles. The van der Waals surface area contributed by atoms with Crippen molar-refractivity contribution in [3.8, 4) is 16.9 Å². The van der Waals surface area contributed by atoms with Crippen molar-refractivity contribution in [2.24, 2.45) is 4.99 Å². The van der Waals surface area contributed by atoms with Gasteiger partial charge in [-0.3, -0.25) is 9.79 Å². The number of rotatable bonds is 9. The minimum Gasteiger partial charge on any atom is -0.846 e. The molecule has 7 nitrogen and oxygen atoms in total. The molecule has 0 aliphatic rings. The number of benzene rings is 3. The highest BCUT2D eigenvalue weighted by Gasteiger charge is 2.15. The van der Waals surface area contributed by atoms with Gasteiger partial charge in [0, 0.05) is 36.7 Å². The summed E-state index contributed by atoms with van der Waals surface area (Å²) in [6, 6.07) is 28.8. The summed E-state index contributed by atoms with van der Waals surface area (Å²) in [6.45, 7) is 3.74. The van der Waals surface area contributed by atoms with Crippen LogP contribution in [0.1, 0.15) is 31.2 Å². The number of anilines is 1. The zero-order chi connectivity index (χ0) is 26.0. The Morgan fingerprint density at radius 3 is 2.43 bits per heavy atom. The molecule has 188 valence electrons. The third-order valence-corrected chi connectivity index (χ3v) is 5.62. The Kier molecular flexibility index (Phi) is 8.49. The van der Waals surface area contributed by atoms with Crippen LogP contribution >= 0.6 is 0 Å². The number of ether oxygens (including phenoxy) is 2. The van der Waals surface area contributed by atoms with Gasteiger partial charge in [0.15, 0.2) is 12.4 Å². The van der Waals surface area contributed by atoms with Crippen LogP contribution in [0.4, 0.5) is 5.69 Å². The van der Waals surface area contributed by atoms with Gasteiger partial charge in [0.1, 0.15) is 12.4 Å². The van der Waals surface area contributed by atoms with Crippen LogP contribution in [-0.2, 0) is 22.7 Å². The molecule has 0 spiro atoms. The van der Waals surface area contributed by atoms with E-state index in [-0.39, 0.29) is 12.5 Å². The second-order valence-corrected chi connectivity index (χ2v) is 8.46. The number of nitrogens with zero attached hydrogens (tertiary/aromatic N) is 2. The number of amidine groups is 1. The molecule has 0 amide bonds. The summed E-state index contributed by atoms with van der Waals surface area (Å²) in [5, 5.41) is 15.1. The molecule has 7 heteroatoms. The molecule has 0 saturated heterocycles. The number of para-hydroxylation sites is 1. The molecule has 3 aromatic carbocycles. The Labute approximate surface area is 216 Å². The van der Waals surface area contributed by atoms with Crippen molar-refractivity contribution in [3.05, 3.63) is 115 Å². The van der Waals surface area contributed by atoms with E-state index < -0.39 is 12.2 Å². The monoisotopic (exact) mass is 495 g/mol. The standard InChI is InChI=1S/C30H29N3O4/c1-22(37-23(2)34)33-18-8-9-25(20-33)19-31-30(35)32-27-16-14-24(15-17-27)21-36-29-13-7-6-12-28(29)26-10-4-3-5-11-26/h3-18,20,22H,19,21H2,1-2H3,(H-,31,32,35). The van der Waals surface area contributed by atoms with Crippen LogP contribution in [-0.4, -0.2) is 12.0 Å². The number of nitrogens with one attached hydrogen (secondary N) is 1. The molecule has 0 aliphatic carbocycles. The fourth-order valence-electron chi connectivity index (χ4n) is 3.78. The molecule has 4 aromatic rings. The quantitative estimate of drug-likeness (QED) is 0.158. The summed E-state index contributed by atoms with van der Waals surface area (Å²) in [7, 11) is 0. The van der Waals surface area contributed by atoms with Gasteiger partial charge in [-0.25, -0.2) is 0 Å². The number of carbonyl (C=O) groups excluding carboxylic acids is 1. The maximum Gasteiger partial charge on any atom is 0.307 e. The highest BCUT2D eigenvalue weighted by atomic mass is 16.6. The van der Waals surface area contributed by atoms with E-state index in [0.717, 1.165) is 28.0 Å². The van der Waals surface area contributed by atoms with Crippen molar-refractivity contribution in [1.82, 2.24) is 0 Å². The maximum atomic E-state index is 12.3. The average Bonchev–Trinajstić information content (AvgIpc) is 2.92. The number of aliphatic imine (C=N–C) groups is 1. The summed E-state index contributed by atoms with van der Waals surface area (Å²) in [5.41, 5.74) is 4.59. The van der Waals surface area contributed by atoms with Crippen LogP contribution < -0.4 is 19.7 Å². The molecule has 4 rings (SSSR count). The van der Waals surface area contributed by atoms with E-state index in [0.29, 0.717) is 12.3 Å². The maximum absolute atomic E-state index is 12.3. The van der Waals surface area contributed by atoms with Gasteiger partial charge >= 0.3 is 12.2 Å². The first-order valence-corrected chi connectivity index (χ1v) is 12.0. The van der Waals surface area contributed by atoms with Crippen LogP contribution in [0.3, 0.4) is 0 Å². The highest BCUT2D eigenvalue weighted by Crippen LogP contribution is 2.30. The van der Waals surface area contributed by atoms with Crippen molar-refractivity contribution in [2.45, 2.75) is 33.2 Å². The van der Waals surface area contributed by atoms with Crippen molar-refractivity contribution >= 4 is 17.7 Å². The van der Waals surface area contributed by atoms with E-state index in [2.05, 4.69) is 22.4 Å². The molecule has 0 aliphatic heterocycles. The van der Waals surface area contributed by atoms with Gasteiger partial charge < -0.3 is 19.9 Å². The summed E-state index contributed by atoms with van der Waals surface area (Å²) in [5.74, 6) is 0.457. The van der Waals surface area contributed by atoms with Crippen LogP contribution in [0.25, 0.3) is 11.1 Å². The SMILES string of the molecule is CC(=O)OC(C)[n+]1cccc(CN=C([O-])Nc2ccc(COc3ccccc3-c3ccccc3)cc2)c1. The van der Waals surface area contributed by atoms with E-state index in [4.69, 9.17) is 9.47 Å². The summed E-state index contributed by atoms with van der Waals surface area (Å²) in [4.78, 5) is 15.3. The van der Waals surface area contributed by atoms with Gasteiger partial charge in [-0.1, -0.05) is 60.7 Å². The molecule has 1 N–H and O–H groups in total. The van der Waals surface area contributed by atoms with Crippen molar-refractivity contribution in [2.75, 3.05) is 5.32 Å². The van der Waals surface area contributed by atoms with Gasteiger partial charge in [-0.15, -0.1) is 0 Å². The summed E-state index contributed by atoms with van der Waals surface area (Å²) >= 11 is 0. The fourth-order valence-corrected chi connectivity index (χ4v) is 3.78. The number of pyridine rings is 1. The van der Waals surface area contributed by atoms with Gasteiger partial charge in [-0.2, -0.15) is 4.57 Å². The molecule has 0 fully saturated rings. The summed E-state index contributed by atoms with van der Waals surface area (Å²) in [6.07, 6.45) is 3.15. The number of esters is 1. The number of hydrogen-bond acceptors (Lipinski definition) is 5. The summed E-state index contributed by atoms with van der Waals surface area (Å²) < 4.78 is 13.0. The lowest BCUT2D eigenvalue weighted by Gasteiger charge is -2.15. The van der Waals surface area contributed by atoms with Gasteiger partial charge in [0.2, 0.25) is 0 Å². The van der Waals surface area contributed by atoms with Crippen LogP contribution in [0.5, 0.6) is 5.75 Å². The van der Waals surface area contributed by atoms with Crippen molar-refractivity contribution in [3.63, 3.8) is 0 Å². The number of hydrogen-bond donors (Lipinski definition) is 1. The Morgan fingerprint density at radius 2 is 1.68 bits per heavy atom. The molecule has 1 unspecified atom stereocenters. The third-order valence-electron chi connectivity index (χ3n) is 5.62. The van der Waals surface area contributed by atoms with Gasteiger partial charge in [0.25, 0.3) is 0 Å². The molecule has 0 radical (unpaired) electrons. The predicted molar refractivity (Wildman–Crippen MR) is 141 cm³/mol. The van der Waals surface area contributed by atoms with E-state index in [9.17, 15) is 9.90 Å². The van der Waals surface area contributed by atoms with Crippen LogP contribution in [0.15, 0.2) is 108 Å². The third kappa shape index (κ3) is 7.41. The fraction of sp³-hybridized carbons (Fsp3) is 0.167. The number of aromatic nitrogens is 1. The minimum atomic E-state index is -0.444. The lowest BCUT2D eigenvalue weighted by Crippen LogP contribution is -2.39. The largest absolute Gasteiger partial charge is 0.846 e. The van der Waals surface area contributed by atoms with Crippen molar-refractivity contribution < 1.29 is 23.9 Å². The van der Waals surface area contributed by atoms with E-state index in [1.807, 2.05) is 78.9 Å². The van der Waals surface area contributed by atoms with E-state index >= 15 is 0 Å². The Hall–Kier alpha value is -4.65. The molecule has 37 heavy (non-hydrogen) atoms.